The third-order valence-corrected chi connectivity index (χ3v) is 4.86. The number of anilines is 1. The van der Waals surface area contributed by atoms with Crippen LogP contribution in [0.5, 0.6) is 0 Å². The summed E-state index contributed by atoms with van der Waals surface area (Å²) < 4.78 is 0.859. The maximum Gasteiger partial charge on any atom is 0.248 e. The molecule has 0 aliphatic rings. The summed E-state index contributed by atoms with van der Waals surface area (Å²) in [4.78, 5) is 19.9. The van der Waals surface area contributed by atoms with Crippen LogP contribution in [0.2, 0.25) is 0 Å². The lowest BCUT2D eigenvalue weighted by atomic mass is 10.1. The number of hydrogen-bond donors (Lipinski definition) is 2. The third-order valence-electron chi connectivity index (χ3n) is 4.20. The number of pyridine rings is 1. The van der Waals surface area contributed by atoms with Crippen LogP contribution in [0.15, 0.2) is 65.3 Å². The quantitative estimate of drug-likeness (QED) is 0.445. The highest BCUT2D eigenvalue weighted by Crippen LogP contribution is 2.25. The number of nitrogens with zero attached hydrogens (tertiary/aromatic N) is 1. The van der Waals surface area contributed by atoms with E-state index in [1.165, 1.54) is 6.08 Å². The fourth-order valence-electron chi connectivity index (χ4n) is 2.91. The summed E-state index contributed by atoms with van der Waals surface area (Å²) in [5.74, 6) is -0.199. The molecule has 2 aromatic carbocycles. The molecule has 0 bridgehead atoms. The third kappa shape index (κ3) is 3.26. The standard InChI is InChI=1S/C21H16BrN3O/c1-13-6-8-19(17(22)10-13)25-21(26)9-7-14-11-16-15-4-2-3-5-18(15)24-20(16)12-23-14/h2-12,24H,1H3,(H,25,26)/b9-7+. The van der Waals surface area contributed by atoms with Crippen LogP contribution in [0.1, 0.15) is 11.3 Å². The van der Waals surface area contributed by atoms with E-state index >= 15 is 0 Å². The molecule has 0 saturated heterocycles. The van der Waals surface area contributed by atoms with Gasteiger partial charge in [0.15, 0.2) is 0 Å². The minimum absolute atomic E-state index is 0.199. The van der Waals surface area contributed by atoms with Crippen LogP contribution in [0, 0.1) is 6.92 Å². The number of nitrogens with one attached hydrogen (secondary N) is 2. The topological polar surface area (TPSA) is 57.8 Å². The molecule has 4 aromatic rings. The molecular formula is C21H16BrN3O. The summed E-state index contributed by atoms with van der Waals surface area (Å²) in [5.41, 5.74) is 4.66. The zero-order valence-electron chi connectivity index (χ0n) is 14.1. The van der Waals surface area contributed by atoms with Crippen LogP contribution in [0.25, 0.3) is 27.9 Å². The van der Waals surface area contributed by atoms with Crippen LogP contribution in [-0.2, 0) is 4.79 Å². The van der Waals surface area contributed by atoms with Crippen molar-refractivity contribution >= 4 is 55.4 Å². The average Bonchev–Trinajstić information content (AvgIpc) is 3.00. The number of hydrogen-bond acceptors (Lipinski definition) is 2. The molecule has 4 rings (SSSR count). The Hall–Kier alpha value is -2.92. The number of aromatic nitrogens is 2. The van der Waals surface area contributed by atoms with E-state index in [-0.39, 0.29) is 5.91 Å². The van der Waals surface area contributed by atoms with Crippen LogP contribution in [0.4, 0.5) is 5.69 Å². The van der Waals surface area contributed by atoms with Crippen molar-refractivity contribution in [2.45, 2.75) is 6.92 Å². The highest BCUT2D eigenvalue weighted by Gasteiger charge is 2.06. The zero-order chi connectivity index (χ0) is 18.1. The molecule has 2 aromatic heterocycles. The summed E-state index contributed by atoms with van der Waals surface area (Å²) in [6.07, 6.45) is 5.01. The minimum Gasteiger partial charge on any atom is -0.353 e. The number of rotatable bonds is 3. The lowest BCUT2D eigenvalue weighted by Crippen LogP contribution is -2.08. The number of amides is 1. The van der Waals surface area contributed by atoms with E-state index < -0.39 is 0 Å². The second-order valence-electron chi connectivity index (χ2n) is 6.13. The normalized spacial score (nSPS) is 11.5. The molecule has 26 heavy (non-hydrogen) atoms. The van der Waals surface area contributed by atoms with Gasteiger partial charge in [-0.25, -0.2) is 0 Å². The molecule has 2 heterocycles. The number of aryl methyl sites for hydroxylation is 1. The lowest BCUT2D eigenvalue weighted by Gasteiger charge is -2.05. The van der Waals surface area contributed by atoms with Gasteiger partial charge >= 0.3 is 0 Å². The second kappa shape index (κ2) is 6.77. The molecule has 1 amide bonds. The maximum atomic E-state index is 12.2. The Kier molecular flexibility index (Phi) is 4.31. The van der Waals surface area contributed by atoms with E-state index in [4.69, 9.17) is 0 Å². The number of aromatic amines is 1. The van der Waals surface area contributed by atoms with Crippen molar-refractivity contribution < 1.29 is 4.79 Å². The number of fused-ring (bicyclic) bond motifs is 3. The van der Waals surface area contributed by atoms with Gasteiger partial charge in [-0.1, -0.05) is 24.3 Å². The number of para-hydroxylation sites is 1. The molecular weight excluding hydrogens is 390 g/mol. The van der Waals surface area contributed by atoms with E-state index in [0.717, 1.165) is 43.2 Å². The first kappa shape index (κ1) is 16.5. The molecule has 128 valence electrons. The molecule has 0 spiro atoms. The molecule has 0 radical (unpaired) electrons. The summed E-state index contributed by atoms with van der Waals surface area (Å²) in [6.45, 7) is 2.00. The van der Waals surface area contributed by atoms with E-state index in [2.05, 4.69) is 37.3 Å². The van der Waals surface area contributed by atoms with E-state index in [1.54, 1.807) is 12.3 Å². The fourth-order valence-corrected chi connectivity index (χ4v) is 3.51. The van der Waals surface area contributed by atoms with Crippen LogP contribution >= 0.6 is 15.9 Å². The smallest absolute Gasteiger partial charge is 0.248 e. The predicted octanol–water partition coefficient (Wildman–Crippen LogP) is 5.44. The summed E-state index contributed by atoms with van der Waals surface area (Å²) in [7, 11) is 0. The van der Waals surface area contributed by atoms with Gasteiger partial charge in [0, 0.05) is 26.8 Å². The Morgan fingerprint density at radius 3 is 2.81 bits per heavy atom. The lowest BCUT2D eigenvalue weighted by molar-refractivity contribution is -0.111. The van der Waals surface area contributed by atoms with Gasteiger partial charge in [-0.15, -0.1) is 0 Å². The Bertz CT molecular complexity index is 1160. The minimum atomic E-state index is -0.199. The van der Waals surface area contributed by atoms with Crippen molar-refractivity contribution in [3.8, 4) is 0 Å². The fraction of sp³-hybridized carbons (Fsp3) is 0.0476. The average molecular weight is 406 g/mol. The van der Waals surface area contributed by atoms with Gasteiger partial charge in [-0.3, -0.25) is 9.78 Å². The van der Waals surface area contributed by atoms with Gasteiger partial charge < -0.3 is 10.3 Å². The molecule has 0 aliphatic heterocycles. The molecule has 2 N–H and O–H groups in total. The molecule has 0 saturated carbocycles. The van der Waals surface area contributed by atoms with Crippen LogP contribution < -0.4 is 5.32 Å². The van der Waals surface area contributed by atoms with E-state index in [9.17, 15) is 4.79 Å². The van der Waals surface area contributed by atoms with Crippen molar-refractivity contribution in [2.75, 3.05) is 5.32 Å². The molecule has 0 aliphatic carbocycles. The Morgan fingerprint density at radius 1 is 1.12 bits per heavy atom. The molecule has 5 heteroatoms. The molecule has 0 atom stereocenters. The maximum absolute atomic E-state index is 12.2. The van der Waals surface area contributed by atoms with Gasteiger partial charge in [0.2, 0.25) is 5.91 Å². The zero-order valence-corrected chi connectivity index (χ0v) is 15.7. The predicted molar refractivity (Wildman–Crippen MR) is 110 cm³/mol. The monoisotopic (exact) mass is 405 g/mol. The van der Waals surface area contributed by atoms with Crippen molar-refractivity contribution in [3.05, 3.63) is 76.5 Å². The first-order valence-corrected chi connectivity index (χ1v) is 9.01. The van der Waals surface area contributed by atoms with Gasteiger partial charge in [0.25, 0.3) is 0 Å². The van der Waals surface area contributed by atoms with Crippen molar-refractivity contribution in [3.63, 3.8) is 0 Å². The SMILES string of the molecule is Cc1ccc(NC(=O)/C=C/c2cc3c(cn2)[nH]c2ccccc23)c(Br)c1. The number of H-pyrrole nitrogens is 1. The first-order valence-electron chi connectivity index (χ1n) is 8.22. The van der Waals surface area contributed by atoms with Crippen molar-refractivity contribution in [1.29, 1.82) is 0 Å². The second-order valence-corrected chi connectivity index (χ2v) is 6.99. The van der Waals surface area contributed by atoms with Crippen molar-refractivity contribution in [1.82, 2.24) is 9.97 Å². The van der Waals surface area contributed by atoms with E-state index in [1.807, 2.05) is 49.4 Å². The number of benzene rings is 2. The van der Waals surface area contributed by atoms with Crippen molar-refractivity contribution in [2.24, 2.45) is 0 Å². The highest BCUT2D eigenvalue weighted by molar-refractivity contribution is 9.10. The van der Waals surface area contributed by atoms with Crippen LogP contribution in [-0.4, -0.2) is 15.9 Å². The summed E-state index contributed by atoms with van der Waals surface area (Å²) in [5, 5.41) is 5.10. The number of halogens is 1. The van der Waals surface area contributed by atoms with Gasteiger partial charge in [-0.2, -0.15) is 0 Å². The summed E-state index contributed by atoms with van der Waals surface area (Å²) in [6, 6.07) is 15.9. The highest BCUT2D eigenvalue weighted by atomic mass is 79.9. The molecule has 0 fully saturated rings. The number of carbonyl (C=O) groups is 1. The largest absolute Gasteiger partial charge is 0.353 e. The Balaban J connectivity index is 1.57. The Labute approximate surface area is 159 Å². The first-order chi connectivity index (χ1) is 12.6. The van der Waals surface area contributed by atoms with E-state index in [0.29, 0.717) is 0 Å². The molecule has 0 unspecified atom stereocenters. The van der Waals surface area contributed by atoms with Gasteiger partial charge in [0.05, 0.1) is 23.1 Å². The molecule has 4 nitrogen and oxygen atoms in total. The van der Waals surface area contributed by atoms with Gasteiger partial charge in [-0.05, 0) is 58.8 Å². The van der Waals surface area contributed by atoms with Gasteiger partial charge in [0.1, 0.15) is 0 Å². The summed E-state index contributed by atoms with van der Waals surface area (Å²) >= 11 is 3.46. The Morgan fingerprint density at radius 2 is 1.96 bits per heavy atom. The van der Waals surface area contributed by atoms with Crippen LogP contribution in [0.3, 0.4) is 0 Å². The number of carbonyl (C=O) groups excluding carboxylic acids is 1.